The Hall–Kier alpha value is -2.05. The summed E-state index contributed by atoms with van der Waals surface area (Å²) in [6.45, 7) is 15.7. The van der Waals surface area contributed by atoms with Crippen LogP contribution in [0.15, 0.2) is 72.3 Å². The third kappa shape index (κ3) is 5.22. The average molecular weight is 575 g/mol. The standard InChI is InChI=1S/C36H50O4Si/c1-28(19-23-34(5)31-18-13-22-36(38-26-27-39-36)35(31,6)24-20-32(34)37)21-25-40-41(33(2,3)4,29-14-9-7-10-15-29)30-16-11-8-12-17-30/h7-12,14-17,19,31H,13,18,20-27H2,1-6H3/b28-19+/t31-,34-,35-/m1/s1. The predicted octanol–water partition coefficient (Wildman–Crippen LogP) is 7.21. The van der Waals surface area contributed by atoms with Crippen molar-refractivity contribution in [2.24, 2.45) is 16.7 Å². The highest BCUT2D eigenvalue weighted by Crippen LogP contribution is 2.63. The summed E-state index contributed by atoms with van der Waals surface area (Å²) in [5, 5.41) is 2.58. The minimum atomic E-state index is -2.56. The lowest BCUT2D eigenvalue weighted by Gasteiger charge is -2.60. The quantitative estimate of drug-likeness (QED) is 0.247. The van der Waals surface area contributed by atoms with Gasteiger partial charge in [-0.1, -0.05) is 107 Å². The molecule has 0 aromatic heterocycles. The second kappa shape index (κ2) is 11.6. The Morgan fingerprint density at radius 1 is 0.976 bits per heavy atom. The van der Waals surface area contributed by atoms with Gasteiger partial charge in [-0.25, -0.2) is 0 Å². The molecule has 0 unspecified atom stereocenters. The topological polar surface area (TPSA) is 44.8 Å². The van der Waals surface area contributed by atoms with Gasteiger partial charge in [0.05, 0.1) is 13.2 Å². The van der Waals surface area contributed by atoms with E-state index in [2.05, 4.69) is 108 Å². The number of allylic oxidation sites excluding steroid dienone is 1. The van der Waals surface area contributed by atoms with E-state index in [1.54, 1.807) is 0 Å². The molecule has 1 aliphatic heterocycles. The highest BCUT2D eigenvalue weighted by atomic mass is 28.4. The number of fused-ring (bicyclic) bond motifs is 2. The van der Waals surface area contributed by atoms with Gasteiger partial charge in [-0.05, 0) is 60.4 Å². The molecule has 3 atom stereocenters. The molecule has 1 heterocycles. The number of rotatable bonds is 8. The fraction of sp³-hybridized carbons (Fsp3) is 0.583. The second-order valence-electron chi connectivity index (χ2n) is 14.2. The highest BCUT2D eigenvalue weighted by molar-refractivity contribution is 6.99. The first-order chi connectivity index (χ1) is 19.5. The van der Waals surface area contributed by atoms with Crippen molar-refractivity contribution in [3.63, 3.8) is 0 Å². The molecule has 3 fully saturated rings. The lowest BCUT2D eigenvalue weighted by molar-refractivity contribution is -0.286. The zero-order valence-corrected chi connectivity index (χ0v) is 27.1. The van der Waals surface area contributed by atoms with Crippen LogP contribution in [-0.2, 0) is 18.7 Å². The van der Waals surface area contributed by atoms with Crippen LogP contribution in [0.3, 0.4) is 0 Å². The van der Waals surface area contributed by atoms with Gasteiger partial charge in [-0.3, -0.25) is 4.79 Å². The molecule has 4 nitrogen and oxygen atoms in total. The van der Waals surface area contributed by atoms with Crippen LogP contribution in [0.5, 0.6) is 0 Å². The summed E-state index contributed by atoms with van der Waals surface area (Å²) < 4.78 is 19.8. The molecule has 2 aliphatic carbocycles. The Bertz CT molecular complexity index is 1190. The molecule has 2 aromatic carbocycles. The number of carbonyl (C=O) groups excluding carboxylic acids is 1. The number of hydrogen-bond acceptors (Lipinski definition) is 4. The first-order valence-corrected chi connectivity index (χ1v) is 17.6. The van der Waals surface area contributed by atoms with Crippen LogP contribution in [0.25, 0.3) is 0 Å². The molecule has 41 heavy (non-hydrogen) atoms. The van der Waals surface area contributed by atoms with E-state index < -0.39 is 19.5 Å². The van der Waals surface area contributed by atoms with E-state index in [-0.39, 0.29) is 16.4 Å². The summed E-state index contributed by atoms with van der Waals surface area (Å²) in [6, 6.07) is 21.7. The van der Waals surface area contributed by atoms with Gasteiger partial charge < -0.3 is 13.9 Å². The van der Waals surface area contributed by atoms with Gasteiger partial charge in [0.15, 0.2) is 5.79 Å². The molecule has 0 N–H and O–H groups in total. The number of ketones is 1. The molecule has 2 saturated carbocycles. The highest BCUT2D eigenvalue weighted by Gasteiger charge is 2.65. The molecule has 2 aromatic rings. The maximum Gasteiger partial charge on any atom is 0.261 e. The van der Waals surface area contributed by atoms with Crippen molar-refractivity contribution in [2.45, 2.75) is 97.3 Å². The van der Waals surface area contributed by atoms with Gasteiger partial charge in [0.1, 0.15) is 5.78 Å². The first-order valence-electron chi connectivity index (χ1n) is 15.7. The first kappa shape index (κ1) is 30.4. The van der Waals surface area contributed by atoms with Crippen molar-refractivity contribution >= 4 is 24.5 Å². The van der Waals surface area contributed by atoms with Crippen LogP contribution < -0.4 is 10.4 Å². The van der Waals surface area contributed by atoms with Crippen molar-refractivity contribution in [1.82, 2.24) is 0 Å². The summed E-state index contributed by atoms with van der Waals surface area (Å²) in [6.07, 6.45) is 8.49. The molecule has 5 rings (SSSR count). The van der Waals surface area contributed by atoms with Crippen LogP contribution in [-0.4, -0.2) is 39.7 Å². The van der Waals surface area contributed by atoms with Crippen molar-refractivity contribution in [1.29, 1.82) is 0 Å². The average Bonchev–Trinajstić information content (AvgIpc) is 3.44. The van der Waals surface area contributed by atoms with Crippen LogP contribution in [0, 0.1) is 16.7 Å². The molecule has 5 heteroatoms. The summed E-state index contributed by atoms with van der Waals surface area (Å²) in [4.78, 5) is 13.6. The van der Waals surface area contributed by atoms with Crippen LogP contribution in [0.1, 0.15) is 86.5 Å². The van der Waals surface area contributed by atoms with Crippen molar-refractivity contribution in [3.8, 4) is 0 Å². The van der Waals surface area contributed by atoms with Gasteiger partial charge in [0.25, 0.3) is 8.32 Å². The van der Waals surface area contributed by atoms with Gasteiger partial charge in [-0.15, -0.1) is 0 Å². The number of hydrogen-bond donors (Lipinski definition) is 0. The Morgan fingerprint density at radius 3 is 2.12 bits per heavy atom. The molecule has 0 radical (unpaired) electrons. The van der Waals surface area contributed by atoms with Crippen LogP contribution in [0.4, 0.5) is 0 Å². The summed E-state index contributed by atoms with van der Waals surface area (Å²) in [5.74, 6) is 0.156. The van der Waals surface area contributed by atoms with E-state index in [1.807, 2.05) is 0 Å². The molecule has 3 aliphatic rings. The molecule has 1 spiro atoms. The fourth-order valence-electron chi connectivity index (χ4n) is 8.45. The summed E-state index contributed by atoms with van der Waals surface area (Å²) >= 11 is 0. The van der Waals surface area contributed by atoms with Gasteiger partial charge in [0, 0.05) is 30.3 Å². The molecular weight excluding hydrogens is 524 g/mol. The predicted molar refractivity (Wildman–Crippen MR) is 169 cm³/mol. The van der Waals surface area contributed by atoms with Crippen LogP contribution >= 0.6 is 0 Å². The van der Waals surface area contributed by atoms with E-state index in [4.69, 9.17) is 13.9 Å². The molecule has 1 saturated heterocycles. The van der Waals surface area contributed by atoms with E-state index in [9.17, 15) is 4.79 Å². The Balaban J connectivity index is 1.35. The monoisotopic (exact) mass is 574 g/mol. The fourth-order valence-corrected chi connectivity index (χ4v) is 13.0. The normalized spacial score (nSPS) is 28.6. The van der Waals surface area contributed by atoms with Crippen molar-refractivity contribution in [3.05, 3.63) is 72.3 Å². The third-order valence-corrected chi connectivity index (χ3v) is 15.8. The largest absolute Gasteiger partial charge is 0.407 e. The lowest BCUT2D eigenvalue weighted by atomic mass is 9.48. The number of ether oxygens (including phenoxy) is 2. The molecule has 0 bridgehead atoms. The number of benzene rings is 2. The van der Waals surface area contributed by atoms with E-state index in [0.29, 0.717) is 32.0 Å². The minimum absolute atomic E-state index is 0.0406. The second-order valence-corrected chi connectivity index (χ2v) is 18.5. The summed E-state index contributed by atoms with van der Waals surface area (Å²) in [5.41, 5.74) is 0.775. The Morgan fingerprint density at radius 2 is 1.56 bits per heavy atom. The Kier molecular flexibility index (Phi) is 8.57. The smallest absolute Gasteiger partial charge is 0.261 e. The lowest BCUT2D eigenvalue weighted by Crippen LogP contribution is -2.66. The SMILES string of the molecule is C/C(=C\C[C@@]1(C)C(=O)CC[C@]2(C)[C@@H]1CCCC21OCCO1)CCO[Si](c1ccccc1)(c1ccccc1)C(C)(C)C. The number of Topliss-reactive ketones (excluding diaryl/α,β-unsaturated/α-hetero) is 1. The zero-order chi connectivity index (χ0) is 29.4. The van der Waals surface area contributed by atoms with Gasteiger partial charge in [-0.2, -0.15) is 0 Å². The number of carbonyl (C=O) groups is 1. The molecular formula is C36H50O4Si. The molecule has 0 amide bonds. The van der Waals surface area contributed by atoms with Crippen molar-refractivity contribution < 1.29 is 18.7 Å². The van der Waals surface area contributed by atoms with E-state index >= 15 is 0 Å². The van der Waals surface area contributed by atoms with Crippen LogP contribution in [0.2, 0.25) is 5.04 Å². The maximum atomic E-state index is 13.6. The van der Waals surface area contributed by atoms with E-state index in [0.717, 1.165) is 38.5 Å². The van der Waals surface area contributed by atoms with Gasteiger partial charge >= 0.3 is 0 Å². The zero-order valence-electron chi connectivity index (χ0n) is 26.1. The van der Waals surface area contributed by atoms with E-state index in [1.165, 1.54) is 15.9 Å². The summed E-state index contributed by atoms with van der Waals surface area (Å²) in [7, 11) is -2.56. The minimum Gasteiger partial charge on any atom is -0.407 e. The van der Waals surface area contributed by atoms with Crippen molar-refractivity contribution in [2.75, 3.05) is 19.8 Å². The molecule has 222 valence electrons. The Labute approximate surface area is 249 Å². The third-order valence-electron chi connectivity index (χ3n) is 10.8. The maximum absolute atomic E-state index is 13.6. The van der Waals surface area contributed by atoms with Gasteiger partial charge in [0.2, 0.25) is 0 Å².